The van der Waals surface area contributed by atoms with E-state index in [0.717, 1.165) is 32.1 Å². The molecule has 21 heavy (non-hydrogen) atoms. The number of fused-ring (bicyclic) bond motifs is 5. The number of benzene rings is 1. The van der Waals surface area contributed by atoms with Crippen LogP contribution in [0.25, 0.3) is 0 Å². The first-order valence-corrected chi connectivity index (χ1v) is 8.27. The molecule has 1 spiro atoms. The fourth-order valence-corrected chi connectivity index (χ4v) is 5.04. The van der Waals surface area contributed by atoms with Gasteiger partial charge in [-0.3, -0.25) is 4.79 Å². The maximum Gasteiger partial charge on any atom is 0.144 e. The molecule has 2 bridgehead atoms. The predicted octanol–water partition coefficient (Wildman–Crippen LogP) is 4.48. The maximum atomic E-state index is 12.9. The van der Waals surface area contributed by atoms with Crippen LogP contribution in [0.1, 0.15) is 63.1 Å². The molecular weight excluding hydrogens is 256 g/mol. The molecule has 0 aromatic heterocycles. The maximum absolute atomic E-state index is 12.9. The third-order valence-electron chi connectivity index (χ3n) is 5.97. The van der Waals surface area contributed by atoms with Crippen molar-refractivity contribution in [2.75, 3.05) is 0 Å². The number of rotatable bonds is 0. The summed E-state index contributed by atoms with van der Waals surface area (Å²) in [6.45, 7) is 6.86. The molecule has 3 aliphatic carbocycles. The zero-order valence-electron chi connectivity index (χ0n) is 13.3. The minimum absolute atomic E-state index is 0.157. The van der Waals surface area contributed by atoms with Crippen molar-refractivity contribution >= 4 is 5.78 Å². The Balaban J connectivity index is 1.95. The summed E-state index contributed by atoms with van der Waals surface area (Å²) in [6, 6.07) is 6.71. The molecule has 1 heteroatoms. The molecule has 1 saturated carbocycles. The lowest BCUT2D eigenvalue weighted by atomic mass is 9.60. The van der Waals surface area contributed by atoms with Gasteiger partial charge in [0.2, 0.25) is 0 Å². The van der Waals surface area contributed by atoms with Crippen LogP contribution < -0.4 is 0 Å². The topological polar surface area (TPSA) is 17.1 Å². The number of hydrogen-bond acceptors (Lipinski definition) is 1. The normalized spacial score (nSPS) is 30.7. The second-order valence-corrected chi connectivity index (χ2v) is 8.15. The van der Waals surface area contributed by atoms with Crippen molar-refractivity contribution in [1.29, 1.82) is 0 Å². The highest BCUT2D eigenvalue weighted by molar-refractivity contribution is 5.94. The standard InChI is InChI=1S/C20H24O/c1-19(2,3)16-5-4-6-17-15(16)9-10-18(21)20(17)12-13-7-8-14(20)11-13/h4-7,14H,8-12H2,1-3H3. The second-order valence-electron chi connectivity index (χ2n) is 8.15. The zero-order valence-corrected chi connectivity index (χ0v) is 13.3. The number of carbonyl (C=O) groups excluding carboxylic acids is 1. The highest BCUT2D eigenvalue weighted by atomic mass is 16.1. The first kappa shape index (κ1) is 13.3. The third kappa shape index (κ3) is 1.66. The van der Waals surface area contributed by atoms with E-state index < -0.39 is 0 Å². The van der Waals surface area contributed by atoms with Gasteiger partial charge in [0.25, 0.3) is 0 Å². The van der Waals surface area contributed by atoms with Crippen LogP contribution in [0.5, 0.6) is 0 Å². The monoisotopic (exact) mass is 280 g/mol. The molecule has 2 atom stereocenters. The molecular formula is C20H24O. The molecule has 1 aromatic rings. The number of Topliss-reactive ketones (excluding diaryl/α,β-unsaturated/α-hetero) is 1. The molecule has 0 amide bonds. The number of hydrogen-bond donors (Lipinski definition) is 0. The van der Waals surface area contributed by atoms with E-state index in [1.54, 1.807) is 0 Å². The van der Waals surface area contributed by atoms with Crippen molar-refractivity contribution in [2.45, 2.75) is 63.7 Å². The van der Waals surface area contributed by atoms with Crippen molar-refractivity contribution in [3.8, 4) is 0 Å². The molecule has 0 aliphatic heterocycles. The van der Waals surface area contributed by atoms with E-state index in [0.29, 0.717) is 11.7 Å². The molecule has 2 unspecified atom stereocenters. The van der Waals surface area contributed by atoms with E-state index in [4.69, 9.17) is 0 Å². The Morgan fingerprint density at radius 3 is 2.62 bits per heavy atom. The molecule has 0 N–H and O–H groups in total. The largest absolute Gasteiger partial charge is 0.299 e. The average molecular weight is 280 g/mol. The molecule has 3 aliphatic rings. The Bertz CT molecular complexity index is 659. The zero-order chi connectivity index (χ0) is 14.8. The minimum Gasteiger partial charge on any atom is -0.299 e. The number of ketones is 1. The van der Waals surface area contributed by atoms with Crippen molar-refractivity contribution in [3.63, 3.8) is 0 Å². The summed E-state index contributed by atoms with van der Waals surface area (Å²) in [4.78, 5) is 12.9. The van der Waals surface area contributed by atoms with Crippen LogP contribution in [0.4, 0.5) is 0 Å². The summed E-state index contributed by atoms with van der Waals surface area (Å²) in [5.74, 6) is 1.04. The fourth-order valence-electron chi connectivity index (χ4n) is 5.04. The fraction of sp³-hybridized carbons (Fsp3) is 0.550. The quantitative estimate of drug-likeness (QED) is 0.640. The number of allylic oxidation sites excluding steroid dienone is 2. The molecule has 0 saturated heterocycles. The predicted molar refractivity (Wildman–Crippen MR) is 85.6 cm³/mol. The highest BCUT2D eigenvalue weighted by Crippen LogP contribution is 2.57. The van der Waals surface area contributed by atoms with E-state index in [1.807, 2.05) is 0 Å². The Labute approximate surface area is 127 Å². The van der Waals surface area contributed by atoms with Gasteiger partial charge in [0.1, 0.15) is 5.78 Å². The Hall–Kier alpha value is -1.37. The van der Waals surface area contributed by atoms with Crippen LogP contribution in [-0.2, 0) is 22.0 Å². The van der Waals surface area contributed by atoms with Gasteiger partial charge in [-0.15, -0.1) is 0 Å². The molecule has 110 valence electrons. The number of carbonyl (C=O) groups is 1. The average Bonchev–Trinajstić information content (AvgIpc) is 3.03. The van der Waals surface area contributed by atoms with Gasteiger partial charge in [0, 0.05) is 6.42 Å². The van der Waals surface area contributed by atoms with Gasteiger partial charge in [0.05, 0.1) is 5.41 Å². The van der Waals surface area contributed by atoms with Crippen molar-refractivity contribution in [1.82, 2.24) is 0 Å². The molecule has 1 nitrogen and oxygen atoms in total. The second kappa shape index (κ2) is 4.09. The van der Waals surface area contributed by atoms with Gasteiger partial charge < -0.3 is 0 Å². The van der Waals surface area contributed by atoms with Crippen molar-refractivity contribution in [3.05, 3.63) is 46.5 Å². The summed E-state index contributed by atoms with van der Waals surface area (Å²) in [5, 5.41) is 0. The lowest BCUT2D eigenvalue weighted by Crippen LogP contribution is -2.44. The Morgan fingerprint density at radius 2 is 2.00 bits per heavy atom. The van der Waals surface area contributed by atoms with E-state index in [-0.39, 0.29) is 10.8 Å². The van der Waals surface area contributed by atoms with Crippen LogP contribution >= 0.6 is 0 Å². The summed E-state index contributed by atoms with van der Waals surface area (Å²) in [7, 11) is 0. The Morgan fingerprint density at radius 1 is 1.19 bits per heavy atom. The third-order valence-corrected chi connectivity index (χ3v) is 5.97. The van der Waals surface area contributed by atoms with Crippen molar-refractivity contribution < 1.29 is 4.79 Å². The summed E-state index contributed by atoms with van der Waals surface area (Å²) >= 11 is 0. The van der Waals surface area contributed by atoms with Crippen LogP contribution in [0.2, 0.25) is 0 Å². The lowest BCUT2D eigenvalue weighted by molar-refractivity contribution is -0.126. The van der Waals surface area contributed by atoms with Crippen LogP contribution in [-0.4, -0.2) is 5.78 Å². The van der Waals surface area contributed by atoms with Crippen LogP contribution in [0, 0.1) is 5.92 Å². The minimum atomic E-state index is -0.168. The van der Waals surface area contributed by atoms with E-state index >= 15 is 0 Å². The molecule has 0 heterocycles. The smallest absolute Gasteiger partial charge is 0.144 e. The van der Waals surface area contributed by atoms with Gasteiger partial charge in [-0.1, -0.05) is 50.6 Å². The van der Waals surface area contributed by atoms with E-state index in [2.05, 4.69) is 45.0 Å². The first-order chi connectivity index (χ1) is 9.93. The van der Waals surface area contributed by atoms with Gasteiger partial charge in [-0.05, 0) is 53.7 Å². The van der Waals surface area contributed by atoms with Crippen molar-refractivity contribution in [2.24, 2.45) is 5.92 Å². The molecule has 1 fully saturated rings. The Kier molecular flexibility index (Phi) is 2.59. The lowest BCUT2D eigenvalue weighted by Gasteiger charge is -2.41. The van der Waals surface area contributed by atoms with Gasteiger partial charge >= 0.3 is 0 Å². The molecule has 1 aromatic carbocycles. The summed E-state index contributed by atoms with van der Waals surface area (Å²) in [5.41, 5.74) is 5.82. The highest BCUT2D eigenvalue weighted by Gasteiger charge is 2.55. The van der Waals surface area contributed by atoms with Gasteiger partial charge in [-0.25, -0.2) is 0 Å². The van der Waals surface area contributed by atoms with Gasteiger partial charge in [0.15, 0.2) is 0 Å². The van der Waals surface area contributed by atoms with E-state index in [9.17, 15) is 4.79 Å². The first-order valence-electron chi connectivity index (χ1n) is 8.27. The van der Waals surface area contributed by atoms with Crippen LogP contribution in [0.15, 0.2) is 29.8 Å². The molecule has 4 rings (SSSR count). The van der Waals surface area contributed by atoms with Crippen LogP contribution in [0.3, 0.4) is 0 Å². The van der Waals surface area contributed by atoms with Gasteiger partial charge in [-0.2, -0.15) is 0 Å². The summed E-state index contributed by atoms with van der Waals surface area (Å²) < 4.78 is 0. The SMILES string of the molecule is CC(C)(C)c1cccc2c1CCC(=O)C21CC2=CCC1C2. The molecule has 0 radical (unpaired) electrons. The summed E-state index contributed by atoms with van der Waals surface area (Å²) in [6.07, 6.45) is 7.33. The van der Waals surface area contributed by atoms with E-state index in [1.165, 1.54) is 22.3 Å².